The van der Waals surface area contributed by atoms with Gasteiger partial charge in [0.2, 0.25) is 5.91 Å². The minimum atomic E-state index is 0.190. The van der Waals surface area contributed by atoms with Gasteiger partial charge in [0.1, 0.15) is 0 Å². The number of carbonyl (C=O) groups is 1. The Morgan fingerprint density at radius 2 is 2.14 bits per heavy atom. The normalized spacial score (nSPS) is 16.2. The summed E-state index contributed by atoms with van der Waals surface area (Å²) in [6, 6.07) is 4.23. The van der Waals surface area contributed by atoms with Gasteiger partial charge in [0.15, 0.2) is 5.96 Å². The number of carbonyl (C=O) groups excluding carboxylic acids is 1. The van der Waals surface area contributed by atoms with E-state index in [1.807, 2.05) is 0 Å². The van der Waals surface area contributed by atoms with Crippen molar-refractivity contribution >= 4 is 23.2 Å². The maximum atomic E-state index is 11.5. The highest BCUT2D eigenvalue weighted by Gasteiger charge is 2.28. The number of hydrogen-bond donors (Lipinski definition) is 3. The zero-order valence-electron chi connectivity index (χ0n) is 13.4. The smallest absolute Gasteiger partial charge is 0.223 e. The Bertz CT molecular complexity index is 482. The van der Waals surface area contributed by atoms with Crippen LogP contribution < -0.4 is 16.0 Å². The zero-order valence-corrected chi connectivity index (χ0v) is 14.2. The number of guanidine groups is 1. The summed E-state index contributed by atoms with van der Waals surface area (Å²) in [5, 5.41) is 11.5. The molecule has 1 amide bonds. The molecule has 6 heteroatoms. The maximum Gasteiger partial charge on any atom is 0.223 e. The van der Waals surface area contributed by atoms with E-state index >= 15 is 0 Å². The van der Waals surface area contributed by atoms with Crippen molar-refractivity contribution in [3.8, 4) is 0 Å². The summed E-state index contributed by atoms with van der Waals surface area (Å²) in [6.45, 7) is 7.15. The lowest BCUT2D eigenvalue weighted by atomic mass is 10.1. The van der Waals surface area contributed by atoms with Crippen LogP contribution in [0.5, 0.6) is 0 Å². The first-order valence-corrected chi connectivity index (χ1v) is 8.92. The molecule has 1 aliphatic rings. The summed E-state index contributed by atoms with van der Waals surface area (Å²) in [5.74, 6) is 1.69. The molecule has 1 unspecified atom stereocenters. The Morgan fingerprint density at radius 3 is 2.77 bits per heavy atom. The van der Waals surface area contributed by atoms with E-state index in [0.717, 1.165) is 31.9 Å². The van der Waals surface area contributed by atoms with E-state index in [4.69, 9.17) is 0 Å². The lowest BCUT2D eigenvalue weighted by Crippen LogP contribution is -2.42. The van der Waals surface area contributed by atoms with Gasteiger partial charge in [-0.2, -0.15) is 0 Å². The van der Waals surface area contributed by atoms with Crippen LogP contribution >= 0.6 is 11.3 Å². The fourth-order valence-electron chi connectivity index (χ4n) is 2.09. The van der Waals surface area contributed by atoms with Gasteiger partial charge in [0.25, 0.3) is 0 Å². The van der Waals surface area contributed by atoms with Gasteiger partial charge in [0, 0.05) is 36.3 Å². The van der Waals surface area contributed by atoms with Crippen LogP contribution in [0.25, 0.3) is 0 Å². The summed E-state index contributed by atoms with van der Waals surface area (Å²) < 4.78 is 0. The van der Waals surface area contributed by atoms with Gasteiger partial charge in [-0.05, 0) is 31.2 Å². The van der Waals surface area contributed by atoms with E-state index in [1.54, 1.807) is 11.3 Å². The molecule has 0 radical (unpaired) electrons. The van der Waals surface area contributed by atoms with E-state index < -0.39 is 0 Å². The molecular weight excluding hydrogens is 296 g/mol. The van der Waals surface area contributed by atoms with Gasteiger partial charge >= 0.3 is 0 Å². The molecule has 1 aromatic heterocycles. The highest BCUT2D eigenvalue weighted by atomic mass is 32.1. The Labute approximate surface area is 136 Å². The molecule has 1 fully saturated rings. The van der Waals surface area contributed by atoms with E-state index in [0.29, 0.717) is 19.0 Å². The molecule has 0 saturated heterocycles. The molecule has 0 aliphatic heterocycles. The predicted octanol–water partition coefficient (Wildman–Crippen LogP) is 1.93. The van der Waals surface area contributed by atoms with Crippen molar-refractivity contribution in [1.82, 2.24) is 16.0 Å². The summed E-state index contributed by atoms with van der Waals surface area (Å²) in [7, 11) is 0. The Balaban J connectivity index is 1.70. The van der Waals surface area contributed by atoms with Crippen LogP contribution in [0.3, 0.4) is 0 Å². The molecule has 22 heavy (non-hydrogen) atoms. The first kappa shape index (κ1) is 16.8. The standard InChI is InChI=1S/C16H26N4OS/c1-3-17-16(19-9-8-18-15(21)13-6-7-13)20-11-12(2)14-5-4-10-22-14/h4-5,10,12-13H,3,6-9,11H2,1-2H3,(H,18,21)(H2,17,19,20). The fourth-order valence-corrected chi connectivity index (χ4v) is 2.87. The largest absolute Gasteiger partial charge is 0.357 e. The van der Waals surface area contributed by atoms with E-state index in [2.05, 4.69) is 52.3 Å². The van der Waals surface area contributed by atoms with Crippen LogP contribution in [0.1, 0.15) is 37.5 Å². The Kier molecular flexibility index (Phi) is 6.71. The van der Waals surface area contributed by atoms with Crippen LogP contribution in [0.4, 0.5) is 0 Å². The number of amides is 1. The SMILES string of the molecule is CCNC(=NCC(C)c1cccs1)NCCNC(=O)C1CC1. The molecule has 5 nitrogen and oxygen atoms in total. The van der Waals surface area contributed by atoms with E-state index in [9.17, 15) is 4.79 Å². The van der Waals surface area contributed by atoms with Crippen molar-refractivity contribution in [1.29, 1.82) is 0 Å². The summed E-state index contributed by atoms with van der Waals surface area (Å²) in [5.41, 5.74) is 0. The van der Waals surface area contributed by atoms with Crippen LogP contribution in [-0.4, -0.2) is 38.0 Å². The topological polar surface area (TPSA) is 65.5 Å². The molecule has 2 rings (SSSR count). The lowest BCUT2D eigenvalue weighted by Gasteiger charge is -2.13. The van der Waals surface area contributed by atoms with Crippen LogP contribution in [0.15, 0.2) is 22.5 Å². The first-order valence-electron chi connectivity index (χ1n) is 8.04. The highest BCUT2D eigenvalue weighted by Crippen LogP contribution is 2.28. The number of nitrogens with one attached hydrogen (secondary N) is 3. The van der Waals surface area contributed by atoms with Crippen molar-refractivity contribution < 1.29 is 4.79 Å². The second-order valence-electron chi connectivity index (χ2n) is 5.63. The molecule has 1 heterocycles. The van der Waals surface area contributed by atoms with Crippen molar-refractivity contribution in [3.05, 3.63) is 22.4 Å². The fraction of sp³-hybridized carbons (Fsp3) is 0.625. The summed E-state index contributed by atoms with van der Waals surface area (Å²) in [4.78, 5) is 17.5. The third-order valence-electron chi connectivity index (χ3n) is 3.56. The second-order valence-corrected chi connectivity index (χ2v) is 6.61. The van der Waals surface area contributed by atoms with Crippen LogP contribution in [0, 0.1) is 5.92 Å². The molecule has 3 N–H and O–H groups in total. The molecule has 0 spiro atoms. The number of aliphatic imine (C=N–C) groups is 1. The lowest BCUT2D eigenvalue weighted by molar-refractivity contribution is -0.122. The van der Waals surface area contributed by atoms with Crippen molar-refractivity contribution in [2.75, 3.05) is 26.2 Å². The van der Waals surface area contributed by atoms with Gasteiger partial charge in [0.05, 0.1) is 6.54 Å². The Morgan fingerprint density at radius 1 is 1.36 bits per heavy atom. The molecule has 0 bridgehead atoms. The molecule has 1 aromatic rings. The van der Waals surface area contributed by atoms with Gasteiger partial charge < -0.3 is 16.0 Å². The predicted molar refractivity (Wildman–Crippen MR) is 92.4 cm³/mol. The van der Waals surface area contributed by atoms with Gasteiger partial charge in [-0.25, -0.2) is 0 Å². The third kappa shape index (κ3) is 5.67. The third-order valence-corrected chi connectivity index (χ3v) is 4.67. The van der Waals surface area contributed by atoms with Crippen molar-refractivity contribution in [2.45, 2.75) is 32.6 Å². The molecular formula is C16H26N4OS. The Hall–Kier alpha value is -1.56. The van der Waals surface area contributed by atoms with Gasteiger partial charge in [-0.15, -0.1) is 11.3 Å². The molecule has 1 saturated carbocycles. The van der Waals surface area contributed by atoms with Crippen molar-refractivity contribution in [3.63, 3.8) is 0 Å². The number of thiophene rings is 1. The summed E-state index contributed by atoms with van der Waals surface area (Å²) in [6.07, 6.45) is 2.09. The highest BCUT2D eigenvalue weighted by molar-refractivity contribution is 7.10. The minimum Gasteiger partial charge on any atom is -0.357 e. The number of hydrogen-bond acceptors (Lipinski definition) is 3. The molecule has 1 aliphatic carbocycles. The number of rotatable bonds is 8. The first-order chi connectivity index (χ1) is 10.7. The summed E-state index contributed by atoms with van der Waals surface area (Å²) >= 11 is 1.77. The monoisotopic (exact) mass is 322 g/mol. The van der Waals surface area contributed by atoms with E-state index in [-0.39, 0.29) is 11.8 Å². The zero-order chi connectivity index (χ0) is 15.8. The minimum absolute atomic E-state index is 0.190. The van der Waals surface area contributed by atoms with E-state index in [1.165, 1.54) is 4.88 Å². The van der Waals surface area contributed by atoms with Crippen LogP contribution in [0.2, 0.25) is 0 Å². The maximum absolute atomic E-state index is 11.5. The van der Waals surface area contributed by atoms with Gasteiger partial charge in [-0.3, -0.25) is 9.79 Å². The van der Waals surface area contributed by atoms with Crippen LogP contribution in [-0.2, 0) is 4.79 Å². The molecule has 122 valence electrons. The van der Waals surface area contributed by atoms with Gasteiger partial charge in [-0.1, -0.05) is 13.0 Å². The van der Waals surface area contributed by atoms with Crippen molar-refractivity contribution in [2.24, 2.45) is 10.9 Å². The molecule has 1 atom stereocenters. The quantitative estimate of drug-likeness (QED) is 0.389. The number of nitrogens with zero attached hydrogens (tertiary/aromatic N) is 1. The molecule has 0 aromatic carbocycles. The average Bonchev–Trinajstić information content (AvgIpc) is 3.23. The average molecular weight is 322 g/mol. The second kappa shape index (κ2) is 8.78.